The first kappa shape index (κ1) is 24.0. The Labute approximate surface area is 206 Å². The van der Waals surface area contributed by atoms with Crippen molar-refractivity contribution in [1.82, 2.24) is 0 Å². The van der Waals surface area contributed by atoms with E-state index in [1.807, 2.05) is 77.9 Å². The molecular weight excluding hydrogens is 438 g/mol. The van der Waals surface area contributed by atoms with E-state index in [1.54, 1.807) is 24.3 Å². The third kappa shape index (κ3) is 4.50. The molecule has 0 saturated heterocycles. The lowest BCUT2D eigenvalue weighted by Gasteiger charge is -2.32. The van der Waals surface area contributed by atoms with E-state index >= 15 is 0 Å². The van der Waals surface area contributed by atoms with Crippen LogP contribution in [0.4, 0.5) is 17.1 Å². The highest BCUT2D eigenvalue weighted by atomic mass is 16.5. The summed E-state index contributed by atoms with van der Waals surface area (Å²) in [6, 6.07) is 18.4. The molecule has 0 atom stereocenters. The number of hydrogen-bond acceptors (Lipinski definition) is 5. The maximum Gasteiger partial charge on any atom is 0.151 e. The maximum atomic E-state index is 10.5. The number of phenolic OH excluding ortho intramolecular Hbond substituents is 3. The van der Waals surface area contributed by atoms with E-state index in [0.29, 0.717) is 17.1 Å². The zero-order valence-corrected chi connectivity index (χ0v) is 21.0. The van der Waals surface area contributed by atoms with Crippen molar-refractivity contribution in [3.63, 3.8) is 0 Å². The predicted octanol–water partition coefficient (Wildman–Crippen LogP) is 7.92. The molecule has 0 amide bonds. The van der Waals surface area contributed by atoms with Crippen LogP contribution in [-0.4, -0.2) is 15.3 Å². The van der Waals surface area contributed by atoms with Crippen LogP contribution in [-0.2, 0) is 0 Å². The largest absolute Gasteiger partial charge is 0.508 e. The molecule has 5 nitrogen and oxygen atoms in total. The van der Waals surface area contributed by atoms with Crippen molar-refractivity contribution in [3.05, 3.63) is 94.0 Å². The Hall–Kier alpha value is -4.12. The van der Waals surface area contributed by atoms with Crippen LogP contribution in [0.25, 0.3) is 0 Å². The van der Waals surface area contributed by atoms with Gasteiger partial charge in [-0.1, -0.05) is 18.2 Å². The fourth-order valence-electron chi connectivity index (χ4n) is 4.70. The molecule has 0 radical (unpaired) electrons. The molecule has 5 heteroatoms. The molecule has 0 fully saturated rings. The highest BCUT2D eigenvalue weighted by molar-refractivity contribution is 5.86. The van der Waals surface area contributed by atoms with Gasteiger partial charge in [0, 0.05) is 5.56 Å². The van der Waals surface area contributed by atoms with Gasteiger partial charge in [0.05, 0.1) is 17.1 Å². The minimum atomic E-state index is 0.207. The zero-order valence-electron chi connectivity index (χ0n) is 21.0. The molecule has 4 aromatic carbocycles. The number of rotatable bonds is 5. The lowest BCUT2D eigenvalue weighted by Crippen LogP contribution is -2.16. The fraction of sp³-hybridized carbons (Fsp3) is 0.200. The lowest BCUT2D eigenvalue weighted by molar-refractivity contribution is 0.445. The molecule has 3 N–H and O–H groups in total. The predicted molar refractivity (Wildman–Crippen MR) is 141 cm³/mol. The second-order valence-corrected chi connectivity index (χ2v) is 9.12. The number of aryl methyl sites for hydroxylation is 5. The summed E-state index contributed by atoms with van der Waals surface area (Å²) in [6.45, 7) is 11.5. The number of hydrogen-bond donors (Lipinski definition) is 3. The van der Waals surface area contributed by atoms with Gasteiger partial charge in [-0.2, -0.15) is 0 Å². The van der Waals surface area contributed by atoms with Gasteiger partial charge in [0.15, 0.2) is 5.75 Å². The van der Waals surface area contributed by atoms with Gasteiger partial charge >= 0.3 is 0 Å². The van der Waals surface area contributed by atoms with Gasteiger partial charge in [-0.3, -0.25) is 0 Å². The number of nitrogens with zero attached hydrogens (tertiary/aromatic N) is 1. The second kappa shape index (κ2) is 9.26. The topological polar surface area (TPSA) is 73.2 Å². The van der Waals surface area contributed by atoms with Crippen molar-refractivity contribution in [3.8, 4) is 28.7 Å². The van der Waals surface area contributed by atoms with E-state index in [0.717, 1.165) is 44.9 Å². The van der Waals surface area contributed by atoms with E-state index in [9.17, 15) is 15.3 Å². The van der Waals surface area contributed by atoms with E-state index < -0.39 is 0 Å². The van der Waals surface area contributed by atoms with Crippen molar-refractivity contribution in [2.45, 2.75) is 41.5 Å². The highest BCUT2D eigenvalue weighted by Gasteiger charge is 2.24. The van der Waals surface area contributed by atoms with Crippen molar-refractivity contribution in [1.29, 1.82) is 0 Å². The van der Waals surface area contributed by atoms with E-state index in [1.165, 1.54) is 0 Å². The summed E-state index contributed by atoms with van der Waals surface area (Å²) in [6.07, 6.45) is 0. The monoisotopic (exact) mass is 469 g/mol. The summed E-state index contributed by atoms with van der Waals surface area (Å²) in [5, 5.41) is 30.9. The number of anilines is 3. The molecule has 0 spiro atoms. The Balaban J connectivity index is 1.99. The maximum absolute atomic E-state index is 10.5. The van der Waals surface area contributed by atoms with Crippen LogP contribution in [0.3, 0.4) is 0 Å². The molecular formula is C30H31NO4. The minimum absolute atomic E-state index is 0.207. The average molecular weight is 470 g/mol. The van der Waals surface area contributed by atoms with Crippen LogP contribution in [0, 0.1) is 41.5 Å². The van der Waals surface area contributed by atoms with Crippen LogP contribution in [0.15, 0.2) is 60.7 Å². The SMILES string of the molecule is Cc1ccc(Oc2ccccc2N(c2c(C)cc(O)cc2C)c2c(C)cc(O)cc2C)c(C)c1O. The molecule has 0 bridgehead atoms. The third-order valence-corrected chi connectivity index (χ3v) is 6.31. The summed E-state index contributed by atoms with van der Waals surface area (Å²) < 4.78 is 6.41. The van der Waals surface area contributed by atoms with E-state index in [2.05, 4.69) is 4.90 Å². The fourth-order valence-corrected chi connectivity index (χ4v) is 4.70. The van der Waals surface area contributed by atoms with Crippen LogP contribution in [0.2, 0.25) is 0 Å². The minimum Gasteiger partial charge on any atom is -0.508 e. The number of para-hydroxylation sites is 2. The standard InChI is InChI=1S/C30H31NO4/c1-17-11-12-26(22(6)30(17)34)35-27-10-8-7-9-25(27)31(28-18(2)13-23(32)14-19(28)3)29-20(4)15-24(33)16-21(29)5/h7-16,32-34H,1-6H3. The molecule has 0 aliphatic heterocycles. The lowest BCUT2D eigenvalue weighted by atomic mass is 10.0. The first-order valence-electron chi connectivity index (χ1n) is 11.5. The molecule has 0 unspecified atom stereocenters. The van der Waals surface area contributed by atoms with Crippen molar-refractivity contribution < 1.29 is 20.1 Å². The van der Waals surface area contributed by atoms with Gasteiger partial charge in [0.2, 0.25) is 0 Å². The number of phenols is 3. The first-order chi connectivity index (χ1) is 16.6. The van der Waals surface area contributed by atoms with Gasteiger partial charge < -0.3 is 25.0 Å². The molecule has 0 aromatic heterocycles. The molecule has 180 valence electrons. The number of aromatic hydroxyl groups is 3. The second-order valence-electron chi connectivity index (χ2n) is 9.12. The molecule has 0 aliphatic carbocycles. The Morgan fingerprint density at radius 2 is 1.06 bits per heavy atom. The van der Waals surface area contributed by atoms with Gasteiger partial charge in [-0.25, -0.2) is 0 Å². The third-order valence-electron chi connectivity index (χ3n) is 6.31. The highest BCUT2D eigenvalue weighted by Crippen LogP contribution is 2.48. The van der Waals surface area contributed by atoms with Gasteiger partial charge in [0.25, 0.3) is 0 Å². The Morgan fingerprint density at radius 1 is 0.571 bits per heavy atom. The summed E-state index contributed by atoms with van der Waals surface area (Å²) in [5.41, 5.74) is 7.67. The Kier molecular flexibility index (Phi) is 6.35. The van der Waals surface area contributed by atoms with Crippen molar-refractivity contribution in [2.75, 3.05) is 4.90 Å². The van der Waals surface area contributed by atoms with Crippen LogP contribution < -0.4 is 9.64 Å². The van der Waals surface area contributed by atoms with Crippen LogP contribution in [0.1, 0.15) is 33.4 Å². The van der Waals surface area contributed by atoms with E-state index in [4.69, 9.17) is 4.74 Å². The number of benzene rings is 4. The average Bonchev–Trinajstić information content (AvgIpc) is 2.77. The van der Waals surface area contributed by atoms with Gasteiger partial charge in [0.1, 0.15) is 23.0 Å². The molecule has 4 rings (SSSR count). The first-order valence-corrected chi connectivity index (χ1v) is 11.5. The van der Waals surface area contributed by atoms with Crippen molar-refractivity contribution in [2.24, 2.45) is 0 Å². The quantitative estimate of drug-likeness (QED) is 0.277. The smallest absolute Gasteiger partial charge is 0.151 e. The summed E-state index contributed by atoms with van der Waals surface area (Å²) in [4.78, 5) is 2.12. The van der Waals surface area contributed by atoms with Gasteiger partial charge in [-0.15, -0.1) is 0 Å². The molecule has 0 aliphatic rings. The summed E-state index contributed by atoms with van der Waals surface area (Å²) >= 11 is 0. The molecule has 0 heterocycles. The zero-order chi connectivity index (χ0) is 25.4. The van der Waals surface area contributed by atoms with Crippen molar-refractivity contribution >= 4 is 17.1 Å². The molecule has 4 aromatic rings. The summed E-state index contributed by atoms with van der Waals surface area (Å²) in [5.74, 6) is 1.81. The number of ether oxygens (including phenoxy) is 1. The van der Waals surface area contributed by atoms with Gasteiger partial charge in [-0.05, 0) is 112 Å². The van der Waals surface area contributed by atoms with Crippen LogP contribution >= 0.6 is 0 Å². The van der Waals surface area contributed by atoms with Crippen LogP contribution in [0.5, 0.6) is 28.7 Å². The Bertz CT molecular complexity index is 1320. The molecule has 0 saturated carbocycles. The normalized spacial score (nSPS) is 10.9. The molecule has 35 heavy (non-hydrogen) atoms. The summed E-state index contributed by atoms with van der Waals surface area (Å²) in [7, 11) is 0. The Morgan fingerprint density at radius 3 is 1.57 bits per heavy atom. The van der Waals surface area contributed by atoms with E-state index in [-0.39, 0.29) is 17.2 Å².